The average molecular weight is 346 g/mol. The molecule has 0 spiro atoms. The Bertz CT molecular complexity index is 882. The van der Waals surface area contributed by atoms with E-state index in [4.69, 9.17) is 11.6 Å². The van der Waals surface area contributed by atoms with Crippen LogP contribution in [0.5, 0.6) is 0 Å². The molecule has 2 aromatic carbocycles. The number of hydrogen-bond acceptors (Lipinski definition) is 4. The highest BCUT2D eigenvalue weighted by Crippen LogP contribution is 2.19. The monoisotopic (exact) mass is 345 g/mol. The van der Waals surface area contributed by atoms with Crippen LogP contribution in [-0.4, -0.2) is 26.1 Å². The molecule has 3 aromatic rings. The van der Waals surface area contributed by atoms with E-state index in [0.29, 0.717) is 16.4 Å². The van der Waals surface area contributed by atoms with E-state index in [-0.39, 0.29) is 5.69 Å². The number of carbonyl (C=O) groups excluding carboxylic acids is 1. The van der Waals surface area contributed by atoms with Crippen molar-refractivity contribution >= 4 is 23.2 Å². The Hall–Kier alpha value is -2.80. The van der Waals surface area contributed by atoms with Crippen molar-refractivity contribution in [2.45, 2.75) is 13.0 Å². The standard InChI is InChI=1S/C16H13ClFN5O/c1-10(16(24)19-14-8-3-2-7-13(14)18)23-21-15(20-22-23)11-5-4-6-12(17)9-11/h2-10H,1H3,(H,19,24)/t10-/m0/s1. The summed E-state index contributed by atoms with van der Waals surface area (Å²) in [5, 5.41) is 15.1. The molecule has 0 saturated carbocycles. The van der Waals surface area contributed by atoms with Gasteiger partial charge in [0.05, 0.1) is 5.69 Å². The van der Waals surface area contributed by atoms with Gasteiger partial charge in [-0.1, -0.05) is 35.9 Å². The Kier molecular flexibility index (Phi) is 4.52. The molecule has 8 heteroatoms. The summed E-state index contributed by atoms with van der Waals surface area (Å²) < 4.78 is 13.6. The van der Waals surface area contributed by atoms with Crippen molar-refractivity contribution in [1.29, 1.82) is 0 Å². The molecule has 1 amide bonds. The van der Waals surface area contributed by atoms with Crippen molar-refractivity contribution in [3.05, 3.63) is 59.4 Å². The summed E-state index contributed by atoms with van der Waals surface area (Å²) in [5.41, 5.74) is 0.792. The number of amides is 1. The van der Waals surface area contributed by atoms with Gasteiger partial charge < -0.3 is 5.32 Å². The van der Waals surface area contributed by atoms with Gasteiger partial charge in [0.25, 0.3) is 5.91 Å². The molecular formula is C16H13ClFN5O. The zero-order chi connectivity index (χ0) is 17.1. The summed E-state index contributed by atoms with van der Waals surface area (Å²) in [6.07, 6.45) is 0. The third kappa shape index (κ3) is 3.41. The largest absolute Gasteiger partial charge is 0.322 e. The van der Waals surface area contributed by atoms with Crippen LogP contribution in [0.3, 0.4) is 0 Å². The second-order valence-electron chi connectivity index (χ2n) is 5.09. The van der Waals surface area contributed by atoms with E-state index in [9.17, 15) is 9.18 Å². The first-order valence-corrected chi connectivity index (χ1v) is 7.53. The van der Waals surface area contributed by atoms with Crippen molar-refractivity contribution in [3.8, 4) is 11.4 Å². The highest BCUT2D eigenvalue weighted by molar-refractivity contribution is 6.30. The average Bonchev–Trinajstić information content (AvgIpc) is 3.06. The molecule has 122 valence electrons. The maximum Gasteiger partial charge on any atom is 0.250 e. The Morgan fingerprint density at radius 2 is 2.04 bits per heavy atom. The van der Waals surface area contributed by atoms with Crippen LogP contribution in [0.4, 0.5) is 10.1 Å². The topological polar surface area (TPSA) is 72.7 Å². The van der Waals surface area contributed by atoms with Gasteiger partial charge in [0.1, 0.15) is 11.9 Å². The smallest absolute Gasteiger partial charge is 0.250 e. The fourth-order valence-corrected chi connectivity index (χ4v) is 2.23. The van der Waals surface area contributed by atoms with Crippen LogP contribution in [0.1, 0.15) is 13.0 Å². The molecule has 0 unspecified atom stereocenters. The van der Waals surface area contributed by atoms with Gasteiger partial charge in [-0.3, -0.25) is 4.79 Å². The normalized spacial score (nSPS) is 12.0. The Labute approximate surface area is 142 Å². The van der Waals surface area contributed by atoms with Gasteiger partial charge in [-0.05, 0) is 36.4 Å². The maximum atomic E-state index is 13.6. The Morgan fingerprint density at radius 1 is 1.25 bits per heavy atom. The third-order valence-electron chi connectivity index (χ3n) is 3.37. The molecule has 1 aromatic heterocycles. The van der Waals surface area contributed by atoms with Gasteiger partial charge in [0.2, 0.25) is 5.82 Å². The van der Waals surface area contributed by atoms with E-state index in [1.165, 1.54) is 16.9 Å². The lowest BCUT2D eigenvalue weighted by Crippen LogP contribution is -2.25. The number of carbonyl (C=O) groups is 1. The summed E-state index contributed by atoms with van der Waals surface area (Å²) in [6, 6.07) is 12.2. The van der Waals surface area contributed by atoms with Crippen LogP contribution in [0.2, 0.25) is 5.02 Å². The van der Waals surface area contributed by atoms with Gasteiger partial charge in [0, 0.05) is 10.6 Å². The number of rotatable bonds is 4. The predicted molar refractivity (Wildman–Crippen MR) is 88.0 cm³/mol. The number of hydrogen-bond donors (Lipinski definition) is 1. The van der Waals surface area contributed by atoms with Crippen molar-refractivity contribution in [2.24, 2.45) is 0 Å². The van der Waals surface area contributed by atoms with E-state index >= 15 is 0 Å². The summed E-state index contributed by atoms with van der Waals surface area (Å²) >= 11 is 5.94. The first-order chi connectivity index (χ1) is 11.5. The number of tetrazole rings is 1. The molecular weight excluding hydrogens is 333 g/mol. The molecule has 1 N–H and O–H groups in total. The molecule has 0 aliphatic carbocycles. The molecule has 0 fully saturated rings. The number of benzene rings is 2. The molecule has 0 radical (unpaired) electrons. The highest BCUT2D eigenvalue weighted by Gasteiger charge is 2.20. The van der Waals surface area contributed by atoms with Crippen LogP contribution in [0, 0.1) is 5.82 Å². The third-order valence-corrected chi connectivity index (χ3v) is 3.60. The first-order valence-electron chi connectivity index (χ1n) is 7.15. The maximum absolute atomic E-state index is 13.6. The first kappa shape index (κ1) is 16.1. The summed E-state index contributed by atoms with van der Waals surface area (Å²) in [6.45, 7) is 1.60. The Morgan fingerprint density at radius 3 is 2.79 bits per heavy atom. The number of para-hydroxylation sites is 1. The van der Waals surface area contributed by atoms with E-state index < -0.39 is 17.8 Å². The van der Waals surface area contributed by atoms with Gasteiger partial charge in [-0.25, -0.2) is 4.39 Å². The minimum Gasteiger partial charge on any atom is -0.322 e. The van der Waals surface area contributed by atoms with E-state index in [1.54, 1.807) is 43.3 Å². The molecule has 3 rings (SSSR count). The molecule has 1 atom stereocenters. The van der Waals surface area contributed by atoms with Crippen LogP contribution in [0.25, 0.3) is 11.4 Å². The van der Waals surface area contributed by atoms with Crippen molar-refractivity contribution in [2.75, 3.05) is 5.32 Å². The minimum absolute atomic E-state index is 0.101. The second kappa shape index (κ2) is 6.76. The van der Waals surface area contributed by atoms with E-state index in [0.717, 1.165) is 0 Å². The van der Waals surface area contributed by atoms with Crippen molar-refractivity contribution in [3.63, 3.8) is 0 Å². The Balaban J connectivity index is 1.77. The van der Waals surface area contributed by atoms with Crippen LogP contribution < -0.4 is 5.32 Å². The fraction of sp³-hybridized carbons (Fsp3) is 0.125. The van der Waals surface area contributed by atoms with Crippen molar-refractivity contribution < 1.29 is 9.18 Å². The second-order valence-corrected chi connectivity index (χ2v) is 5.53. The SMILES string of the molecule is C[C@@H](C(=O)Nc1ccccc1F)n1nnc(-c2cccc(Cl)c2)n1. The number of nitrogens with zero attached hydrogens (tertiary/aromatic N) is 4. The van der Waals surface area contributed by atoms with Crippen molar-refractivity contribution in [1.82, 2.24) is 20.2 Å². The zero-order valence-corrected chi connectivity index (χ0v) is 13.4. The van der Waals surface area contributed by atoms with Gasteiger partial charge in [-0.2, -0.15) is 4.80 Å². The summed E-state index contributed by atoms with van der Waals surface area (Å²) in [7, 11) is 0. The molecule has 0 aliphatic rings. The summed E-state index contributed by atoms with van der Waals surface area (Å²) in [4.78, 5) is 13.4. The number of halogens is 2. The van der Waals surface area contributed by atoms with Gasteiger partial charge in [-0.15, -0.1) is 10.2 Å². The van der Waals surface area contributed by atoms with Crippen LogP contribution in [-0.2, 0) is 4.79 Å². The van der Waals surface area contributed by atoms with Gasteiger partial charge >= 0.3 is 0 Å². The molecule has 0 bridgehead atoms. The number of aromatic nitrogens is 4. The molecule has 6 nitrogen and oxygen atoms in total. The lowest BCUT2D eigenvalue weighted by Gasteiger charge is -2.11. The van der Waals surface area contributed by atoms with Gasteiger partial charge in [0.15, 0.2) is 0 Å². The predicted octanol–water partition coefficient (Wildman–Crippen LogP) is 3.33. The molecule has 0 aliphatic heterocycles. The fourth-order valence-electron chi connectivity index (χ4n) is 2.04. The minimum atomic E-state index is -0.759. The summed E-state index contributed by atoms with van der Waals surface area (Å²) in [5.74, 6) is -0.609. The number of nitrogens with one attached hydrogen (secondary N) is 1. The van der Waals surface area contributed by atoms with E-state index in [1.807, 2.05) is 0 Å². The molecule has 0 saturated heterocycles. The lowest BCUT2D eigenvalue weighted by molar-refractivity contribution is -0.119. The molecule has 24 heavy (non-hydrogen) atoms. The van der Waals surface area contributed by atoms with Crippen LogP contribution >= 0.6 is 11.6 Å². The van der Waals surface area contributed by atoms with E-state index in [2.05, 4.69) is 20.7 Å². The lowest BCUT2D eigenvalue weighted by atomic mass is 10.2. The number of anilines is 1. The quantitative estimate of drug-likeness (QED) is 0.787. The zero-order valence-electron chi connectivity index (χ0n) is 12.6. The highest BCUT2D eigenvalue weighted by atomic mass is 35.5. The van der Waals surface area contributed by atoms with Crippen LogP contribution in [0.15, 0.2) is 48.5 Å². The molecule has 1 heterocycles.